The first kappa shape index (κ1) is 31.0. The summed E-state index contributed by atoms with van der Waals surface area (Å²) >= 11 is 6.15. The van der Waals surface area contributed by atoms with Crippen molar-refractivity contribution in [2.45, 2.75) is 50.4 Å². The molecule has 0 aliphatic carbocycles. The number of likely N-dealkylation sites (tertiary alicyclic amines) is 1. The summed E-state index contributed by atoms with van der Waals surface area (Å²) in [5, 5.41) is 10.0. The standard InChI is InChI=1S/C34H40ClN3O5/c1-5-18-36(25-12-8-7-9-13-25)30(40)27-28-31(41)38(20-10-11-21-39)29(34(28)22-23(3)33(27,4)43-34)32(42)37(19-6-2)26-16-14-24(35)15-17-26/h5-9,12-17,23,27-29,39H,1-2,10-11,18-22H2,3-4H3/t23?,27-,28-,29?,33+,34?/m0/s1. The van der Waals surface area contributed by atoms with E-state index in [9.17, 15) is 19.5 Å². The Bertz CT molecular complexity index is 1380. The predicted molar refractivity (Wildman–Crippen MR) is 168 cm³/mol. The van der Waals surface area contributed by atoms with Gasteiger partial charge in [0.1, 0.15) is 11.6 Å². The number of aliphatic hydroxyl groups excluding tert-OH is 1. The molecule has 3 amide bonds. The van der Waals surface area contributed by atoms with Crippen LogP contribution < -0.4 is 9.80 Å². The number of benzene rings is 2. The molecule has 0 aromatic heterocycles. The van der Waals surface area contributed by atoms with Crippen molar-refractivity contribution in [1.29, 1.82) is 0 Å². The molecule has 3 saturated heterocycles. The molecule has 1 spiro atoms. The highest BCUT2D eigenvalue weighted by Gasteiger charge is 2.80. The van der Waals surface area contributed by atoms with E-state index in [1.54, 1.807) is 51.1 Å². The van der Waals surface area contributed by atoms with Crippen molar-refractivity contribution in [3.05, 3.63) is 84.9 Å². The Morgan fingerprint density at radius 3 is 2.23 bits per heavy atom. The van der Waals surface area contributed by atoms with Crippen molar-refractivity contribution < 1.29 is 24.2 Å². The van der Waals surface area contributed by atoms with Gasteiger partial charge in [0, 0.05) is 42.6 Å². The van der Waals surface area contributed by atoms with E-state index < -0.39 is 29.1 Å². The molecule has 2 aromatic rings. The van der Waals surface area contributed by atoms with Crippen molar-refractivity contribution in [2.24, 2.45) is 17.8 Å². The number of aliphatic hydroxyl groups is 1. The number of nitrogens with zero attached hydrogens (tertiary/aromatic N) is 3. The number of anilines is 2. The first-order valence-electron chi connectivity index (χ1n) is 14.9. The average Bonchev–Trinajstić information content (AvgIpc) is 3.51. The van der Waals surface area contributed by atoms with Gasteiger partial charge >= 0.3 is 0 Å². The minimum Gasteiger partial charge on any atom is -0.396 e. The quantitative estimate of drug-likeness (QED) is 0.276. The van der Waals surface area contributed by atoms with Crippen LogP contribution in [0.2, 0.25) is 5.02 Å². The molecule has 3 aliphatic heterocycles. The molecule has 3 fully saturated rings. The molecule has 3 unspecified atom stereocenters. The summed E-state index contributed by atoms with van der Waals surface area (Å²) in [5.41, 5.74) is -0.814. The van der Waals surface area contributed by atoms with Crippen LogP contribution >= 0.6 is 11.6 Å². The molecule has 9 heteroatoms. The average molecular weight is 606 g/mol. The van der Waals surface area contributed by atoms with E-state index in [1.807, 2.05) is 44.2 Å². The van der Waals surface area contributed by atoms with E-state index in [4.69, 9.17) is 16.3 Å². The lowest BCUT2D eigenvalue weighted by molar-refractivity contribution is -0.145. The highest BCUT2D eigenvalue weighted by atomic mass is 35.5. The van der Waals surface area contributed by atoms with Gasteiger partial charge in [-0.15, -0.1) is 13.2 Å². The molecular formula is C34H40ClN3O5. The van der Waals surface area contributed by atoms with E-state index in [1.165, 1.54) is 0 Å². The molecular weight excluding hydrogens is 566 g/mol. The van der Waals surface area contributed by atoms with Gasteiger partial charge in [-0.1, -0.05) is 48.9 Å². The molecule has 43 heavy (non-hydrogen) atoms. The third-order valence-electron chi connectivity index (χ3n) is 9.48. The van der Waals surface area contributed by atoms with Gasteiger partial charge in [0.15, 0.2) is 0 Å². The minimum atomic E-state index is -1.19. The van der Waals surface area contributed by atoms with Crippen LogP contribution in [-0.2, 0) is 19.1 Å². The molecule has 0 radical (unpaired) electrons. The second kappa shape index (κ2) is 12.3. The van der Waals surface area contributed by atoms with Crippen LogP contribution in [0.5, 0.6) is 0 Å². The summed E-state index contributed by atoms with van der Waals surface area (Å²) in [6.07, 6.45) is 4.77. The smallest absolute Gasteiger partial charge is 0.253 e. The number of halogens is 1. The van der Waals surface area contributed by atoms with Crippen LogP contribution in [0.3, 0.4) is 0 Å². The lowest BCUT2D eigenvalue weighted by Crippen LogP contribution is -2.57. The molecule has 2 aromatic carbocycles. The number of carbonyl (C=O) groups is 3. The van der Waals surface area contributed by atoms with Gasteiger partial charge in [-0.05, 0) is 68.5 Å². The Labute approximate surface area is 258 Å². The molecule has 0 saturated carbocycles. The van der Waals surface area contributed by atoms with E-state index in [0.717, 1.165) is 0 Å². The van der Waals surface area contributed by atoms with Crippen LogP contribution in [0.4, 0.5) is 11.4 Å². The van der Waals surface area contributed by atoms with Gasteiger partial charge in [-0.2, -0.15) is 0 Å². The van der Waals surface area contributed by atoms with Gasteiger partial charge < -0.3 is 24.5 Å². The van der Waals surface area contributed by atoms with Gasteiger partial charge in [0.25, 0.3) is 5.91 Å². The zero-order chi connectivity index (χ0) is 30.9. The van der Waals surface area contributed by atoms with Gasteiger partial charge in [0.05, 0.1) is 17.4 Å². The highest BCUT2D eigenvalue weighted by Crippen LogP contribution is 2.65. The van der Waals surface area contributed by atoms with E-state index >= 15 is 0 Å². The fraction of sp³-hybridized carbons (Fsp3) is 0.441. The number of hydrogen-bond donors (Lipinski definition) is 1. The maximum absolute atomic E-state index is 14.7. The first-order chi connectivity index (χ1) is 20.6. The van der Waals surface area contributed by atoms with Crippen molar-refractivity contribution in [2.75, 3.05) is 36.0 Å². The summed E-state index contributed by atoms with van der Waals surface area (Å²) in [7, 11) is 0. The lowest BCUT2D eigenvalue weighted by atomic mass is 9.62. The molecule has 2 bridgehead atoms. The number of fused-ring (bicyclic) bond motifs is 1. The number of para-hydroxylation sites is 1. The zero-order valence-electron chi connectivity index (χ0n) is 24.8. The lowest BCUT2D eigenvalue weighted by Gasteiger charge is -2.39. The Hall–Kier alpha value is -3.46. The SMILES string of the molecule is C=CCN(C(=O)C1N(CCCCO)C(=O)[C@@H]2[C@@H](C(=O)N(CC=C)c3ccccc3)[C@]3(C)OC12CC3C)c1ccc(Cl)cc1. The molecule has 3 aliphatic rings. The fourth-order valence-corrected chi connectivity index (χ4v) is 7.60. The maximum atomic E-state index is 14.7. The summed E-state index contributed by atoms with van der Waals surface area (Å²) in [4.78, 5) is 48.6. The van der Waals surface area contributed by atoms with E-state index in [2.05, 4.69) is 13.2 Å². The third-order valence-corrected chi connectivity index (χ3v) is 9.74. The topological polar surface area (TPSA) is 90.4 Å². The van der Waals surface area contributed by atoms with Crippen molar-refractivity contribution in [3.63, 3.8) is 0 Å². The first-order valence-corrected chi connectivity index (χ1v) is 15.3. The Kier molecular flexibility index (Phi) is 8.84. The van der Waals surface area contributed by atoms with Crippen LogP contribution in [0, 0.1) is 17.8 Å². The van der Waals surface area contributed by atoms with Gasteiger partial charge in [-0.25, -0.2) is 0 Å². The largest absolute Gasteiger partial charge is 0.396 e. The molecule has 228 valence electrons. The van der Waals surface area contributed by atoms with Gasteiger partial charge in [-0.3, -0.25) is 14.4 Å². The third kappa shape index (κ3) is 5.09. The number of hydrogen-bond acceptors (Lipinski definition) is 5. The van der Waals surface area contributed by atoms with Crippen LogP contribution in [0.25, 0.3) is 0 Å². The number of ether oxygens (including phenoxy) is 1. The molecule has 1 N–H and O–H groups in total. The minimum absolute atomic E-state index is 0.0249. The fourth-order valence-electron chi connectivity index (χ4n) is 7.48. The second-order valence-electron chi connectivity index (χ2n) is 12.0. The normalized spacial score (nSPS) is 28.9. The monoisotopic (exact) mass is 605 g/mol. The Morgan fingerprint density at radius 1 is 1.02 bits per heavy atom. The van der Waals surface area contributed by atoms with Gasteiger partial charge in [0.2, 0.25) is 11.8 Å². The van der Waals surface area contributed by atoms with Crippen molar-refractivity contribution in [3.8, 4) is 0 Å². The molecule has 5 rings (SSSR count). The summed E-state index contributed by atoms with van der Waals surface area (Å²) in [5.74, 6) is -2.50. The number of unbranched alkanes of at least 4 members (excludes halogenated alkanes) is 1. The Morgan fingerprint density at radius 2 is 1.63 bits per heavy atom. The zero-order valence-corrected chi connectivity index (χ0v) is 25.6. The second-order valence-corrected chi connectivity index (χ2v) is 12.4. The Balaban J connectivity index is 1.61. The van der Waals surface area contributed by atoms with E-state index in [0.29, 0.717) is 35.7 Å². The van der Waals surface area contributed by atoms with Crippen LogP contribution in [-0.4, -0.2) is 71.2 Å². The maximum Gasteiger partial charge on any atom is 0.253 e. The van der Waals surface area contributed by atoms with Crippen molar-refractivity contribution in [1.82, 2.24) is 4.90 Å². The number of amides is 3. The van der Waals surface area contributed by atoms with E-state index in [-0.39, 0.29) is 49.9 Å². The predicted octanol–water partition coefficient (Wildman–Crippen LogP) is 4.86. The molecule has 8 nitrogen and oxygen atoms in total. The summed E-state index contributed by atoms with van der Waals surface area (Å²) in [6, 6.07) is 15.4. The van der Waals surface area contributed by atoms with Crippen LogP contribution in [0.1, 0.15) is 33.1 Å². The number of carbonyl (C=O) groups excluding carboxylic acids is 3. The van der Waals surface area contributed by atoms with Crippen molar-refractivity contribution >= 4 is 40.7 Å². The summed E-state index contributed by atoms with van der Waals surface area (Å²) < 4.78 is 6.93. The highest BCUT2D eigenvalue weighted by molar-refractivity contribution is 6.30. The van der Waals surface area contributed by atoms with Crippen LogP contribution in [0.15, 0.2) is 79.9 Å². The molecule has 6 atom stereocenters. The molecule has 3 heterocycles. The summed E-state index contributed by atoms with van der Waals surface area (Å²) in [6.45, 7) is 12.4. The number of rotatable bonds is 12.